The average molecular weight is 227 g/mol. The highest BCUT2D eigenvalue weighted by Crippen LogP contribution is 2.56. The maximum Gasteiger partial charge on any atom is 0.00105 e. The molecule has 0 bridgehead atoms. The zero-order chi connectivity index (χ0) is 10.6. The monoisotopic (exact) mass is 227 g/mol. The molecule has 0 aliphatic heterocycles. The molecule has 2 rings (SSSR count). The summed E-state index contributed by atoms with van der Waals surface area (Å²) in [4.78, 5) is 0. The minimum atomic E-state index is 0.762. The molecule has 0 radical (unpaired) electrons. The van der Waals surface area contributed by atoms with Gasteiger partial charge in [-0.2, -0.15) is 11.8 Å². The topological polar surface area (TPSA) is 12.0 Å². The van der Waals surface area contributed by atoms with E-state index in [-0.39, 0.29) is 0 Å². The molecule has 2 aliphatic rings. The van der Waals surface area contributed by atoms with E-state index in [4.69, 9.17) is 0 Å². The molecule has 1 nitrogen and oxygen atoms in total. The van der Waals surface area contributed by atoms with Crippen molar-refractivity contribution < 1.29 is 0 Å². The number of hydrogen-bond acceptors (Lipinski definition) is 2. The first kappa shape index (κ1) is 11.8. The Morgan fingerprint density at radius 3 is 2.67 bits per heavy atom. The lowest BCUT2D eigenvalue weighted by Crippen LogP contribution is -2.42. The van der Waals surface area contributed by atoms with Crippen molar-refractivity contribution in [3.8, 4) is 0 Å². The Balaban J connectivity index is 1.53. The Hall–Kier alpha value is 0.310. The first-order valence-electron chi connectivity index (χ1n) is 6.66. The van der Waals surface area contributed by atoms with Gasteiger partial charge in [0, 0.05) is 6.54 Å². The second-order valence-electron chi connectivity index (χ2n) is 5.22. The summed E-state index contributed by atoms with van der Waals surface area (Å²) in [5.41, 5.74) is 0.762. The van der Waals surface area contributed by atoms with Gasteiger partial charge >= 0.3 is 0 Å². The lowest BCUT2D eigenvalue weighted by Gasteiger charge is -2.43. The van der Waals surface area contributed by atoms with Crippen LogP contribution in [0.1, 0.15) is 45.4 Å². The van der Waals surface area contributed by atoms with Crippen molar-refractivity contribution in [2.75, 3.05) is 24.6 Å². The van der Waals surface area contributed by atoms with Gasteiger partial charge in [-0.15, -0.1) is 0 Å². The summed E-state index contributed by atoms with van der Waals surface area (Å²) >= 11 is 2.06. The Morgan fingerprint density at radius 1 is 1.33 bits per heavy atom. The second kappa shape index (κ2) is 5.58. The SMILES string of the molecule is CCSCCCNCC1(C2CC2)CCC1. The van der Waals surface area contributed by atoms with Crippen molar-refractivity contribution in [1.82, 2.24) is 5.32 Å². The van der Waals surface area contributed by atoms with Crippen LogP contribution in [0, 0.1) is 11.3 Å². The van der Waals surface area contributed by atoms with E-state index in [2.05, 4.69) is 24.0 Å². The zero-order valence-corrected chi connectivity index (χ0v) is 10.9. The Morgan fingerprint density at radius 2 is 2.13 bits per heavy atom. The molecule has 15 heavy (non-hydrogen) atoms. The van der Waals surface area contributed by atoms with Crippen LogP contribution in [0.25, 0.3) is 0 Å². The van der Waals surface area contributed by atoms with Crippen molar-refractivity contribution in [3.63, 3.8) is 0 Å². The minimum absolute atomic E-state index is 0.762. The first-order chi connectivity index (χ1) is 7.37. The molecule has 0 unspecified atom stereocenters. The largest absolute Gasteiger partial charge is 0.316 e. The fraction of sp³-hybridized carbons (Fsp3) is 1.00. The van der Waals surface area contributed by atoms with E-state index in [0.29, 0.717) is 0 Å². The van der Waals surface area contributed by atoms with Gasteiger partial charge in [0.25, 0.3) is 0 Å². The summed E-state index contributed by atoms with van der Waals surface area (Å²) in [6, 6.07) is 0. The third-order valence-corrected chi connectivity index (χ3v) is 5.10. The van der Waals surface area contributed by atoms with Gasteiger partial charge in [0.1, 0.15) is 0 Å². The fourth-order valence-corrected chi connectivity index (χ4v) is 3.47. The maximum absolute atomic E-state index is 3.70. The van der Waals surface area contributed by atoms with Gasteiger partial charge in [-0.1, -0.05) is 13.3 Å². The van der Waals surface area contributed by atoms with E-state index in [0.717, 1.165) is 11.3 Å². The summed E-state index contributed by atoms with van der Waals surface area (Å²) in [6.45, 7) is 4.80. The van der Waals surface area contributed by atoms with Gasteiger partial charge in [0.05, 0.1) is 0 Å². The fourth-order valence-electron chi connectivity index (χ4n) is 2.84. The van der Waals surface area contributed by atoms with Gasteiger partial charge in [-0.3, -0.25) is 0 Å². The Labute approximate surface area is 98.8 Å². The van der Waals surface area contributed by atoms with Crippen LogP contribution < -0.4 is 5.32 Å². The predicted octanol–water partition coefficient (Wildman–Crippen LogP) is 3.30. The summed E-state index contributed by atoms with van der Waals surface area (Å²) in [5, 5.41) is 3.70. The normalized spacial score (nSPS) is 23.8. The molecule has 2 fully saturated rings. The molecule has 88 valence electrons. The van der Waals surface area contributed by atoms with Crippen LogP contribution in [0.2, 0.25) is 0 Å². The number of hydrogen-bond donors (Lipinski definition) is 1. The van der Waals surface area contributed by atoms with Gasteiger partial charge in [-0.05, 0) is 61.5 Å². The van der Waals surface area contributed by atoms with E-state index in [1.165, 1.54) is 63.1 Å². The molecule has 0 atom stereocenters. The van der Waals surface area contributed by atoms with Crippen LogP contribution in [-0.4, -0.2) is 24.6 Å². The first-order valence-corrected chi connectivity index (χ1v) is 7.81. The van der Waals surface area contributed by atoms with E-state index in [1.807, 2.05) is 0 Å². The quantitative estimate of drug-likeness (QED) is 0.639. The van der Waals surface area contributed by atoms with Crippen molar-refractivity contribution in [1.29, 1.82) is 0 Å². The second-order valence-corrected chi connectivity index (χ2v) is 6.61. The van der Waals surface area contributed by atoms with Crippen molar-refractivity contribution in [2.24, 2.45) is 11.3 Å². The Kier molecular flexibility index (Phi) is 4.39. The minimum Gasteiger partial charge on any atom is -0.316 e. The molecule has 0 amide bonds. The third-order valence-electron chi connectivity index (χ3n) is 4.12. The van der Waals surface area contributed by atoms with Crippen LogP contribution >= 0.6 is 11.8 Å². The van der Waals surface area contributed by atoms with Crippen molar-refractivity contribution in [2.45, 2.75) is 45.4 Å². The van der Waals surface area contributed by atoms with Crippen molar-refractivity contribution in [3.05, 3.63) is 0 Å². The van der Waals surface area contributed by atoms with Gasteiger partial charge in [-0.25, -0.2) is 0 Å². The van der Waals surface area contributed by atoms with E-state index in [9.17, 15) is 0 Å². The Bertz CT molecular complexity index is 185. The molecule has 0 aromatic heterocycles. The molecule has 0 saturated heterocycles. The molecule has 2 heteroatoms. The van der Waals surface area contributed by atoms with E-state index >= 15 is 0 Å². The summed E-state index contributed by atoms with van der Waals surface area (Å²) in [7, 11) is 0. The summed E-state index contributed by atoms with van der Waals surface area (Å²) in [5.74, 6) is 3.70. The smallest absolute Gasteiger partial charge is 0.00105 e. The zero-order valence-electron chi connectivity index (χ0n) is 10.1. The third kappa shape index (κ3) is 3.13. The molecular weight excluding hydrogens is 202 g/mol. The highest BCUT2D eigenvalue weighted by molar-refractivity contribution is 7.99. The van der Waals surface area contributed by atoms with E-state index in [1.54, 1.807) is 0 Å². The van der Waals surface area contributed by atoms with Gasteiger partial charge < -0.3 is 5.32 Å². The van der Waals surface area contributed by atoms with Crippen molar-refractivity contribution >= 4 is 11.8 Å². The lowest BCUT2D eigenvalue weighted by molar-refractivity contribution is 0.0994. The number of thioether (sulfide) groups is 1. The summed E-state index contributed by atoms with van der Waals surface area (Å²) in [6.07, 6.45) is 8.90. The van der Waals surface area contributed by atoms with Crippen LogP contribution in [0.5, 0.6) is 0 Å². The molecule has 2 aliphatic carbocycles. The standard InChI is InChI=1S/C13H25NS/c1-2-15-10-4-9-14-11-13(7-3-8-13)12-5-6-12/h12,14H,2-11H2,1H3. The molecule has 1 N–H and O–H groups in total. The molecule has 0 aromatic carbocycles. The van der Waals surface area contributed by atoms with Crippen LogP contribution in [0.3, 0.4) is 0 Å². The highest BCUT2D eigenvalue weighted by atomic mass is 32.2. The molecular formula is C13H25NS. The molecule has 0 heterocycles. The van der Waals surface area contributed by atoms with Crippen LogP contribution in [-0.2, 0) is 0 Å². The molecule has 0 aromatic rings. The van der Waals surface area contributed by atoms with Gasteiger partial charge in [0.2, 0.25) is 0 Å². The van der Waals surface area contributed by atoms with Gasteiger partial charge in [0.15, 0.2) is 0 Å². The molecule has 0 spiro atoms. The summed E-state index contributed by atoms with van der Waals surface area (Å²) < 4.78 is 0. The lowest BCUT2D eigenvalue weighted by atomic mass is 9.65. The number of nitrogens with one attached hydrogen (secondary N) is 1. The maximum atomic E-state index is 3.70. The number of rotatable bonds is 8. The van der Waals surface area contributed by atoms with Crippen LogP contribution in [0.4, 0.5) is 0 Å². The van der Waals surface area contributed by atoms with Crippen LogP contribution in [0.15, 0.2) is 0 Å². The predicted molar refractivity (Wildman–Crippen MR) is 69.5 cm³/mol. The highest BCUT2D eigenvalue weighted by Gasteiger charge is 2.48. The molecule has 2 saturated carbocycles. The van der Waals surface area contributed by atoms with E-state index < -0.39 is 0 Å². The average Bonchev–Trinajstić information content (AvgIpc) is 2.98.